The molecule has 126 valence electrons. The van der Waals surface area contributed by atoms with Gasteiger partial charge in [0.2, 0.25) is 0 Å². The summed E-state index contributed by atoms with van der Waals surface area (Å²) in [6.45, 7) is 1.29. The van der Waals surface area contributed by atoms with Gasteiger partial charge >= 0.3 is 6.18 Å². The lowest BCUT2D eigenvalue weighted by Crippen LogP contribution is -2.34. The molecule has 0 heterocycles. The highest BCUT2D eigenvalue weighted by Gasteiger charge is 2.42. The number of carbonyl (C=O) groups is 1. The fourth-order valence-electron chi connectivity index (χ4n) is 2.86. The molecule has 1 aliphatic rings. The summed E-state index contributed by atoms with van der Waals surface area (Å²) in [5.74, 6) is -1.70. The Balaban J connectivity index is 2.19. The van der Waals surface area contributed by atoms with Crippen LogP contribution in [0.1, 0.15) is 43.0 Å². The Morgan fingerprint density at radius 1 is 1.35 bits per heavy atom. The molecule has 2 atom stereocenters. The summed E-state index contributed by atoms with van der Waals surface area (Å²) < 4.78 is 38.5. The average Bonchev–Trinajstić information content (AvgIpc) is 2.46. The first-order valence-electron chi connectivity index (χ1n) is 7.31. The number of nitrogens with zero attached hydrogens (tertiary/aromatic N) is 1. The van der Waals surface area contributed by atoms with Crippen LogP contribution in [-0.2, 0) is 0 Å². The van der Waals surface area contributed by atoms with Crippen LogP contribution in [0.3, 0.4) is 0 Å². The van der Waals surface area contributed by atoms with Gasteiger partial charge in [-0.3, -0.25) is 14.9 Å². The second kappa shape index (κ2) is 6.55. The highest BCUT2D eigenvalue weighted by Crippen LogP contribution is 2.39. The summed E-state index contributed by atoms with van der Waals surface area (Å²) in [6.07, 6.45) is -3.31. The van der Waals surface area contributed by atoms with Gasteiger partial charge in [-0.05, 0) is 38.3 Å². The van der Waals surface area contributed by atoms with E-state index in [4.69, 9.17) is 0 Å². The minimum absolute atomic E-state index is 0.0903. The van der Waals surface area contributed by atoms with E-state index in [1.54, 1.807) is 0 Å². The molecule has 8 heteroatoms. The Bertz CT molecular complexity index is 616. The second-order valence-corrected chi connectivity index (χ2v) is 5.79. The number of hydrogen-bond donors (Lipinski definition) is 1. The van der Waals surface area contributed by atoms with E-state index < -0.39 is 23.1 Å². The first-order chi connectivity index (χ1) is 10.7. The predicted molar refractivity (Wildman–Crippen MR) is 78.5 cm³/mol. The number of halogens is 3. The summed E-state index contributed by atoms with van der Waals surface area (Å²) in [5, 5.41) is 14.0. The van der Waals surface area contributed by atoms with Crippen molar-refractivity contribution in [3.63, 3.8) is 0 Å². The normalized spacial score (nSPS) is 21.7. The van der Waals surface area contributed by atoms with Crippen LogP contribution in [0.5, 0.6) is 0 Å². The standard InChI is InChI=1S/C15H17F3N2O3/c1-9(21)10-5-6-13(14(7-10)20(22)23)19-12-4-2-3-11(8-12)15(16,17)18/h5-7,11-12,19H,2-4,8H2,1H3/t11-,12+/m1/s1. The SMILES string of the molecule is CC(=O)c1ccc(N[C@H]2CCC[C@@H](C(F)(F)F)C2)c([N+](=O)[O-])c1. The maximum atomic E-state index is 12.8. The van der Waals surface area contributed by atoms with Crippen LogP contribution < -0.4 is 5.32 Å². The van der Waals surface area contributed by atoms with Gasteiger partial charge in [0, 0.05) is 17.7 Å². The first-order valence-corrected chi connectivity index (χ1v) is 7.31. The number of anilines is 1. The Hall–Kier alpha value is -2.12. The van der Waals surface area contributed by atoms with E-state index in [0.717, 1.165) is 6.07 Å². The molecule has 23 heavy (non-hydrogen) atoms. The van der Waals surface area contributed by atoms with E-state index in [1.165, 1.54) is 19.1 Å². The van der Waals surface area contributed by atoms with Crippen molar-refractivity contribution >= 4 is 17.2 Å². The first kappa shape index (κ1) is 17.2. The van der Waals surface area contributed by atoms with Crippen LogP contribution in [0.25, 0.3) is 0 Å². The van der Waals surface area contributed by atoms with Gasteiger partial charge in [0.05, 0.1) is 10.8 Å². The van der Waals surface area contributed by atoms with Crippen molar-refractivity contribution in [3.8, 4) is 0 Å². The molecule has 0 bridgehead atoms. The molecule has 0 aliphatic heterocycles. The molecule has 1 N–H and O–H groups in total. The lowest BCUT2D eigenvalue weighted by atomic mass is 9.85. The topological polar surface area (TPSA) is 72.2 Å². The molecule has 0 unspecified atom stereocenters. The van der Waals surface area contributed by atoms with Gasteiger partial charge in [-0.1, -0.05) is 6.42 Å². The summed E-state index contributed by atoms with van der Waals surface area (Å²) in [4.78, 5) is 21.8. The van der Waals surface area contributed by atoms with Crippen molar-refractivity contribution in [1.82, 2.24) is 0 Å². The van der Waals surface area contributed by atoms with Crippen LogP contribution in [0, 0.1) is 16.0 Å². The highest BCUT2D eigenvalue weighted by atomic mass is 19.4. The Kier molecular flexibility index (Phi) is 4.91. The maximum Gasteiger partial charge on any atom is 0.391 e. The zero-order chi connectivity index (χ0) is 17.2. The summed E-state index contributed by atoms with van der Waals surface area (Å²) >= 11 is 0. The van der Waals surface area contributed by atoms with Crippen molar-refractivity contribution in [2.24, 2.45) is 5.92 Å². The zero-order valence-electron chi connectivity index (χ0n) is 12.5. The van der Waals surface area contributed by atoms with Gasteiger partial charge in [-0.2, -0.15) is 13.2 Å². The molecule has 0 radical (unpaired) electrons. The second-order valence-electron chi connectivity index (χ2n) is 5.79. The quantitative estimate of drug-likeness (QED) is 0.507. The number of rotatable bonds is 4. The van der Waals surface area contributed by atoms with E-state index in [0.29, 0.717) is 12.8 Å². The Morgan fingerprint density at radius 3 is 2.61 bits per heavy atom. The van der Waals surface area contributed by atoms with Gasteiger partial charge < -0.3 is 5.32 Å². The molecule has 1 aromatic carbocycles. The third-order valence-corrected chi connectivity index (χ3v) is 4.10. The molecule has 1 saturated carbocycles. The molecule has 1 aliphatic carbocycles. The number of nitrogens with one attached hydrogen (secondary N) is 1. The molecular formula is C15H17F3N2O3. The minimum atomic E-state index is -4.25. The number of nitro groups is 1. The monoisotopic (exact) mass is 330 g/mol. The number of ketones is 1. The van der Waals surface area contributed by atoms with Crippen molar-refractivity contribution in [3.05, 3.63) is 33.9 Å². The van der Waals surface area contributed by atoms with E-state index in [1.807, 2.05) is 0 Å². The van der Waals surface area contributed by atoms with Crippen molar-refractivity contribution in [2.75, 3.05) is 5.32 Å². The highest BCUT2D eigenvalue weighted by molar-refractivity contribution is 5.95. The minimum Gasteiger partial charge on any atom is -0.377 e. The summed E-state index contributed by atoms with van der Waals surface area (Å²) in [5.41, 5.74) is 0.0405. The molecule has 1 aromatic rings. The molecule has 0 aromatic heterocycles. The smallest absolute Gasteiger partial charge is 0.377 e. The average molecular weight is 330 g/mol. The third kappa shape index (κ3) is 4.20. The molecule has 0 spiro atoms. The number of alkyl halides is 3. The molecule has 0 amide bonds. The van der Waals surface area contributed by atoms with Crippen LogP contribution in [-0.4, -0.2) is 22.9 Å². The van der Waals surface area contributed by atoms with Gasteiger partial charge in [-0.25, -0.2) is 0 Å². The molecule has 2 rings (SSSR count). The molecule has 1 fully saturated rings. The summed E-state index contributed by atoms with van der Waals surface area (Å²) in [6, 6.07) is 3.49. The summed E-state index contributed by atoms with van der Waals surface area (Å²) in [7, 11) is 0. The fourth-order valence-corrected chi connectivity index (χ4v) is 2.86. The number of carbonyl (C=O) groups excluding carboxylic acids is 1. The van der Waals surface area contributed by atoms with Crippen molar-refractivity contribution in [1.29, 1.82) is 0 Å². The van der Waals surface area contributed by atoms with Crippen molar-refractivity contribution in [2.45, 2.75) is 44.8 Å². The maximum absolute atomic E-state index is 12.8. The molecule has 0 saturated heterocycles. The number of nitro benzene ring substituents is 1. The van der Waals surface area contributed by atoms with E-state index in [2.05, 4.69) is 5.32 Å². The Morgan fingerprint density at radius 2 is 2.04 bits per heavy atom. The van der Waals surface area contributed by atoms with Gasteiger partial charge in [0.1, 0.15) is 5.69 Å². The van der Waals surface area contributed by atoms with E-state index in [-0.39, 0.29) is 35.6 Å². The predicted octanol–water partition coefficient (Wildman–Crippen LogP) is 4.33. The number of Topliss-reactive ketones (excluding diaryl/α,β-unsaturated/α-hetero) is 1. The van der Waals surface area contributed by atoms with Crippen molar-refractivity contribution < 1.29 is 22.9 Å². The lowest BCUT2D eigenvalue weighted by molar-refractivity contribution is -0.384. The number of benzene rings is 1. The largest absolute Gasteiger partial charge is 0.391 e. The van der Waals surface area contributed by atoms with E-state index >= 15 is 0 Å². The van der Waals surface area contributed by atoms with Gasteiger partial charge in [0.25, 0.3) is 5.69 Å². The van der Waals surface area contributed by atoms with Gasteiger partial charge in [-0.15, -0.1) is 0 Å². The van der Waals surface area contributed by atoms with Crippen LogP contribution in [0.2, 0.25) is 0 Å². The van der Waals surface area contributed by atoms with Gasteiger partial charge in [0.15, 0.2) is 5.78 Å². The Labute approximate surface area is 131 Å². The van der Waals surface area contributed by atoms with Crippen LogP contribution >= 0.6 is 0 Å². The molecule has 5 nitrogen and oxygen atoms in total. The number of hydrogen-bond acceptors (Lipinski definition) is 4. The zero-order valence-corrected chi connectivity index (χ0v) is 12.5. The molecular weight excluding hydrogens is 313 g/mol. The van der Waals surface area contributed by atoms with Crippen LogP contribution in [0.4, 0.5) is 24.5 Å². The van der Waals surface area contributed by atoms with Crippen LogP contribution in [0.15, 0.2) is 18.2 Å². The fraction of sp³-hybridized carbons (Fsp3) is 0.533. The lowest BCUT2D eigenvalue weighted by Gasteiger charge is -2.31. The third-order valence-electron chi connectivity index (χ3n) is 4.10. The van der Waals surface area contributed by atoms with E-state index in [9.17, 15) is 28.1 Å².